The quantitative estimate of drug-likeness (QED) is 0.364. The zero-order valence-corrected chi connectivity index (χ0v) is 7.96. The number of rotatable bonds is 4. The van der Waals surface area contributed by atoms with Gasteiger partial charge in [-0.15, -0.1) is 0 Å². The van der Waals surface area contributed by atoms with Crippen molar-refractivity contribution in [3.63, 3.8) is 0 Å². The summed E-state index contributed by atoms with van der Waals surface area (Å²) in [5.74, 6) is -0.0939. The van der Waals surface area contributed by atoms with E-state index in [0.717, 1.165) is 0 Å². The van der Waals surface area contributed by atoms with E-state index in [1.807, 2.05) is 13.8 Å². The molecule has 0 atom stereocenters. The van der Waals surface area contributed by atoms with Crippen molar-refractivity contribution >= 4 is 11.7 Å². The molecule has 0 aromatic carbocycles. The van der Waals surface area contributed by atoms with Crippen LogP contribution in [0.2, 0.25) is 0 Å². The van der Waals surface area contributed by atoms with Crippen molar-refractivity contribution < 1.29 is 14.4 Å². The minimum absolute atomic E-state index is 0.196. The highest BCUT2D eigenvalue weighted by Crippen LogP contribution is 2.03. The van der Waals surface area contributed by atoms with E-state index in [0.29, 0.717) is 5.71 Å². The summed E-state index contributed by atoms with van der Waals surface area (Å²) in [5.41, 5.74) is 0.698. The monoisotopic (exact) mass is 173 g/mol. The van der Waals surface area contributed by atoms with Gasteiger partial charge in [0, 0.05) is 0 Å². The number of carbonyl (C=O) groups excluding carboxylic acids is 1. The van der Waals surface area contributed by atoms with E-state index < -0.39 is 0 Å². The second kappa shape index (κ2) is 5.57. The SMILES string of the molecule is CON=C(CC(=O)OC)C(C)C. The zero-order valence-electron chi connectivity index (χ0n) is 7.96. The first kappa shape index (κ1) is 10.9. The largest absolute Gasteiger partial charge is 0.469 e. The van der Waals surface area contributed by atoms with Gasteiger partial charge in [0.05, 0.1) is 19.2 Å². The molecule has 4 nitrogen and oxygen atoms in total. The molecule has 0 radical (unpaired) electrons. The molecule has 0 unspecified atom stereocenters. The highest BCUT2D eigenvalue weighted by molar-refractivity contribution is 5.99. The molecular weight excluding hydrogens is 158 g/mol. The van der Waals surface area contributed by atoms with Crippen LogP contribution >= 0.6 is 0 Å². The molecule has 0 bridgehead atoms. The lowest BCUT2D eigenvalue weighted by molar-refractivity contribution is -0.139. The number of hydrogen-bond donors (Lipinski definition) is 0. The minimum Gasteiger partial charge on any atom is -0.469 e. The average Bonchev–Trinajstić information content (AvgIpc) is 2.03. The van der Waals surface area contributed by atoms with E-state index in [4.69, 9.17) is 0 Å². The van der Waals surface area contributed by atoms with Gasteiger partial charge >= 0.3 is 5.97 Å². The van der Waals surface area contributed by atoms with Gasteiger partial charge in [0.15, 0.2) is 0 Å². The van der Waals surface area contributed by atoms with Crippen molar-refractivity contribution in [2.75, 3.05) is 14.2 Å². The number of methoxy groups -OCH3 is 1. The summed E-state index contributed by atoms with van der Waals surface area (Å²) in [6.45, 7) is 3.89. The van der Waals surface area contributed by atoms with E-state index in [2.05, 4.69) is 14.7 Å². The molecule has 0 aliphatic rings. The van der Waals surface area contributed by atoms with E-state index in [9.17, 15) is 4.79 Å². The first-order valence-electron chi connectivity index (χ1n) is 3.78. The Labute approximate surface area is 72.5 Å². The van der Waals surface area contributed by atoms with E-state index in [-0.39, 0.29) is 18.3 Å². The third-order valence-electron chi connectivity index (χ3n) is 1.43. The molecule has 0 saturated carbocycles. The van der Waals surface area contributed by atoms with Gasteiger partial charge in [0.1, 0.15) is 7.11 Å². The summed E-state index contributed by atoms with van der Waals surface area (Å²) in [6, 6.07) is 0. The van der Waals surface area contributed by atoms with Gasteiger partial charge in [-0.3, -0.25) is 4.79 Å². The van der Waals surface area contributed by atoms with Crippen LogP contribution in [0, 0.1) is 5.92 Å². The van der Waals surface area contributed by atoms with Crippen molar-refractivity contribution in [2.24, 2.45) is 11.1 Å². The molecule has 0 spiro atoms. The maximum absolute atomic E-state index is 10.8. The molecule has 0 aliphatic carbocycles. The van der Waals surface area contributed by atoms with Gasteiger partial charge in [-0.2, -0.15) is 0 Å². The summed E-state index contributed by atoms with van der Waals surface area (Å²) in [7, 11) is 2.81. The van der Waals surface area contributed by atoms with Crippen LogP contribution in [0.25, 0.3) is 0 Å². The summed E-state index contributed by atoms with van der Waals surface area (Å²) >= 11 is 0. The highest BCUT2D eigenvalue weighted by atomic mass is 16.6. The van der Waals surface area contributed by atoms with Gasteiger partial charge in [-0.05, 0) is 5.92 Å². The first-order chi connectivity index (χ1) is 5.61. The van der Waals surface area contributed by atoms with Crippen LogP contribution in [-0.4, -0.2) is 25.9 Å². The fourth-order valence-electron chi connectivity index (χ4n) is 0.679. The summed E-state index contributed by atoms with van der Waals surface area (Å²) < 4.78 is 4.50. The summed E-state index contributed by atoms with van der Waals surface area (Å²) in [6.07, 6.45) is 0.196. The third kappa shape index (κ3) is 3.95. The summed E-state index contributed by atoms with van der Waals surface area (Å²) in [4.78, 5) is 15.4. The van der Waals surface area contributed by atoms with E-state index in [1.54, 1.807) is 0 Å². The molecule has 0 N–H and O–H groups in total. The zero-order chi connectivity index (χ0) is 9.56. The van der Waals surface area contributed by atoms with Gasteiger partial charge < -0.3 is 9.57 Å². The molecule has 12 heavy (non-hydrogen) atoms. The van der Waals surface area contributed by atoms with Gasteiger partial charge in [-0.25, -0.2) is 0 Å². The van der Waals surface area contributed by atoms with Crippen molar-refractivity contribution in [2.45, 2.75) is 20.3 Å². The van der Waals surface area contributed by atoms with Gasteiger partial charge in [0.25, 0.3) is 0 Å². The number of hydrogen-bond acceptors (Lipinski definition) is 4. The predicted octanol–water partition coefficient (Wildman–Crippen LogP) is 1.21. The molecular formula is C8H15NO3. The van der Waals surface area contributed by atoms with Crippen LogP contribution in [0.1, 0.15) is 20.3 Å². The predicted molar refractivity (Wildman–Crippen MR) is 45.9 cm³/mol. The van der Waals surface area contributed by atoms with Crippen LogP contribution in [-0.2, 0) is 14.4 Å². The Hall–Kier alpha value is -1.06. The van der Waals surface area contributed by atoms with Crippen molar-refractivity contribution in [1.82, 2.24) is 0 Å². The van der Waals surface area contributed by atoms with E-state index in [1.165, 1.54) is 14.2 Å². The average molecular weight is 173 g/mol. The maximum atomic E-state index is 10.8. The van der Waals surface area contributed by atoms with Crippen LogP contribution in [0.3, 0.4) is 0 Å². The fourth-order valence-corrected chi connectivity index (χ4v) is 0.679. The van der Waals surface area contributed by atoms with Crippen molar-refractivity contribution in [1.29, 1.82) is 0 Å². The van der Waals surface area contributed by atoms with Crippen LogP contribution in [0.5, 0.6) is 0 Å². The number of ether oxygens (including phenoxy) is 1. The van der Waals surface area contributed by atoms with E-state index >= 15 is 0 Å². The standard InChI is InChI=1S/C8H15NO3/c1-6(2)7(9-12-4)5-8(10)11-3/h6H,5H2,1-4H3. The number of oxime groups is 1. The molecule has 4 heteroatoms. The molecule has 0 amide bonds. The first-order valence-corrected chi connectivity index (χ1v) is 3.78. The Morgan fingerprint density at radius 2 is 2.00 bits per heavy atom. The fraction of sp³-hybridized carbons (Fsp3) is 0.750. The molecule has 0 aliphatic heterocycles. The summed E-state index contributed by atoms with van der Waals surface area (Å²) in [5, 5.41) is 3.73. The minimum atomic E-state index is -0.292. The second-order valence-corrected chi connectivity index (χ2v) is 2.67. The van der Waals surface area contributed by atoms with Crippen LogP contribution in [0.15, 0.2) is 5.16 Å². The molecule has 0 heterocycles. The van der Waals surface area contributed by atoms with Crippen LogP contribution < -0.4 is 0 Å². The Morgan fingerprint density at radius 3 is 2.33 bits per heavy atom. The lowest BCUT2D eigenvalue weighted by atomic mass is 10.1. The molecule has 0 aromatic rings. The number of esters is 1. The number of carbonyl (C=O) groups is 1. The lowest BCUT2D eigenvalue weighted by Gasteiger charge is -2.06. The smallest absolute Gasteiger partial charge is 0.311 e. The maximum Gasteiger partial charge on any atom is 0.311 e. The van der Waals surface area contributed by atoms with Gasteiger partial charge in [0.2, 0.25) is 0 Å². The van der Waals surface area contributed by atoms with Crippen LogP contribution in [0.4, 0.5) is 0 Å². The number of nitrogens with zero attached hydrogens (tertiary/aromatic N) is 1. The molecule has 0 saturated heterocycles. The lowest BCUT2D eigenvalue weighted by Crippen LogP contribution is -2.15. The van der Waals surface area contributed by atoms with Gasteiger partial charge in [-0.1, -0.05) is 19.0 Å². The Bertz CT molecular complexity index is 175. The molecule has 0 rings (SSSR count). The molecule has 0 fully saturated rings. The molecule has 70 valence electrons. The highest BCUT2D eigenvalue weighted by Gasteiger charge is 2.11. The third-order valence-corrected chi connectivity index (χ3v) is 1.43. The Morgan fingerprint density at radius 1 is 1.42 bits per heavy atom. The second-order valence-electron chi connectivity index (χ2n) is 2.67. The van der Waals surface area contributed by atoms with Crippen molar-refractivity contribution in [3.05, 3.63) is 0 Å². The Balaban J connectivity index is 4.14. The normalized spacial score (nSPS) is 11.6. The molecule has 0 aromatic heterocycles. The topological polar surface area (TPSA) is 47.9 Å². The van der Waals surface area contributed by atoms with Crippen molar-refractivity contribution in [3.8, 4) is 0 Å². The Kier molecular flexibility index (Phi) is 5.08.